The van der Waals surface area contributed by atoms with Crippen molar-refractivity contribution in [3.05, 3.63) is 28.7 Å². The molecule has 0 saturated carbocycles. The van der Waals surface area contributed by atoms with Crippen molar-refractivity contribution in [2.24, 2.45) is 5.92 Å². The number of anilines is 1. The quantitative estimate of drug-likeness (QED) is 0.638. The summed E-state index contributed by atoms with van der Waals surface area (Å²) in [6.07, 6.45) is 2.35. The van der Waals surface area contributed by atoms with Gasteiger partial charge >= 0.3 is 5.97 Å². The maximum Gasteiger partial charge on any atom is 0.320 e. The summed E-state index contributed by atoms with van der Waals surface area (Å²) < 4.78 is 6.58. The highest BCUT2D eigenvalue weighted by Crippen LogP contribution is 2.22. The van der Waals surface area contributed by atoms with Crippen LogP contribution in [0.15, 0.2) is 28.7 Å². The molecule has 0 N–H and O–H groups in total. The molecule has 28 heavy (non-hydrogen) atoms. The number of hydrogen-bond donors (Lipinski definition) is 0. The molecule has 6 heteroatoms. The number of carbonyl (C=O) groups is 1. The molecule has 5 nitrogen and oxygen atoms in total. The Morgan fingerprint density at radius 2 is 1.61 bits per heavy atom. The van der Waals surface area contributed by atoms with E-state index in [1.54, 1.807) is 0 Å². The SMILES string of the molecule is CC(C)(C)OC(=O)CN1CCC(CN2CCN(c3ccc(Br)cc3)CC2)CC1. The van der Waals surface area contributed by atoms with Crippen molar-refractivity contribution >= 4 is 27.6 Å². The minimum atomic E-state index is -0.395. The molecule has 0 atom stereocenters. The molecule has 1 aromatic rings. The van der Waals surface area contributed by atoms with E-state index in [1.165, 1.54) is 25.1 Å². The highest BCUT2D eigenvalue weighted by Gasteiger charge is 2.26. The van der Waals surface area contributed by atoms with Gasteiger partial charge in [0.25, 0.3) is 0 Å². The molecular formula is C22H34BrN3O2. The number of esters is 1. The third kappa shape index (κ3) is 6.75. The molecule has 0 radical (unpaired) electrons. The van der Waals surface area contributed by atoms with E-state index in [2.05, 4.69) is 54.9 Å². The van der Waals surface area contributed by atoms with Crippen LogP contribution in [0.3, 0.4) is 0 Å². The summed E-state index contributed by atoms with van der Waals surface area (Å²) in [5, 5.41) is 0. The van der Waals surface area contributed by atoms with Crippen LogP contribution < -0.4 is 4.90 Å². The fraction of sp³-hybridized carbons (Fsp3) is 0.682. The molecule has 0 spiro atoms. The number of likely N-dealkylation sites (tertiary alicyclic amines) is 1. The Morgan fingerprint density at radius 1 is 1.00 bits per heavy atom. The molecular weight excluding hydrogens is 418 g/mol. The Labute approximate surface area is 178 Å². The Bertz CT molecular complexity index is 628. The van der Waals surface area contributed by atoms with Gasteiger partial charge in [0.2, 0.25) is 0 Å². The van der Waals surface area contributed by atoms with E-state index < -0.39 is 5.60 Å². The van der Waals surface area contributed by atoms with Gasteiger partial charge < -0.3 is 9.64 Å². The van der Waals surface area contributed by atoms with Crippen molar-refractivity contribution in [3.63, 3.8) is 0 Å². The van der Waals surface area contributed by atoms with Gasteiger partial charge in [-0.1, -0.05) is 15.9 Å². The van der Waals surface area contributed by atoms with Gasteiger partial charge in [-0.05, 0) is 76.9 Å². The number of hydrogen-bond acceptors (Lipinski definition) is 5. The van der Waals surface area contributed by atoms with Crippen LogP contribution in [-0.4, -0.2) is 73.7 Å². The Balaban J connectivity index is 1.35. The largest absolute Gasteiger partial charge is 0.459 e. The summed E-state index contributed by atoms with van der Waals surface area (Å²) in [5.74, 6) is 0.643. The first kappa shape index (κ1) is 21.6. The van der Waals surface area contributed by atoms with Crippen LogP contribution in [0, 0.1) is 5.92 Å². The number of carbonyl (C=O) groups excluding carboxylic acids is 1. The van der Waals surface area contributed by atoms with Crippen molar-refractivity contribution in [3.8, 4) is 0 Å². The smallest absolute Gasteiger partial charge is 0.320 e. The van der Waals surface area contributed by atoms with Gasteiger partial charge in [-0.15, -0.1) is 0 Å². The lowest BCUT2D eigenvalue weighted by molar-refractivity contribution is -0.156. The predicted molar refractivity (Wildman–Crippen MR) is 118 cm³/mol. The minimum Gasteiger partial charge on any atom is -0.459 e. The number of piperidine rings is 1. The summed E-state index contributed by atoms with van der Waals surface area (Å²) in [7, 11) is 0. The van der Waals surface area contributed by atoms with Crippen LogP contribution in [0.2, 0.25) is 0 Å². The molecule has 0 unspecified atom stereocenters. The van der Waals surface area contributed by atoms with Crippen LogP contribution in [0.1, 0.15) is 33.6 Å². The molecule has 156 valence electrons. The third-order valence-electron chi connectivity index (χ3n) is 5.56. The predicted octanol–water partition coefficient (Wildman–Crippen LogP) is 3.62. The third-order valence-corrected chi connectivity index (χ3v) is 6.09. The molecule has 3 rings (SSSR count). The Hall–Kier alpha value is -1.11. The number of ether oxygens (including phenoxy) is 1. The summed E-state index contributed by atoms with van der Waals surface area (Å²) in [6, 6.07) is 8.62. The first-order valence-electron chi connectivity index (χ1n) is 10.5. The van der Waals surface area contributed by atoms with Gasteiger partial charge in [-0.2, -0.15) is 0 Å². The number of piperazine rings is 1. The van der Waals surface area contributed by atoms with E-state index in [1.807, 2.05) is 20.8 Å². The summed E-state index contributed by atoms with van der Waals surface area (Å²) in [4.78, 5) is 19.4. The lowest BCUT2D eigenvalue weighted by atomic mass is 9.96. The fourth-order valence-corrected chi connectivity index (χ4v) is 4.35. The Kier molecular flexibility index (Phi) is 7.40. The normalized spacial score (nSPS) is 20.4. The zero-order valence-electron chi connectivity index (χ0n) is 17.5. The molecule has 0 aliphatic carbocycles. The van der Waals surface area contributed by atoms with Crippen LogP contribution in [0.25, 0.3) is 0 Å². The topological polar surface area (TPSA) is 36.0 Å². The number of rotatable bonds is 5. The average Bonchev–Trinajstić information content (AvgIpc) is 2.63. The van der Waals surface area contributed by atoms with Crippen molar-refractivity contribution in [2.45, 2.75) is 39.2 Å². The second kappa shape index (κ2) is 9.59. The lowest BCUT2D eigenvalue weighted by Gasteiger charge is -2.39. The van der Waals surface area contributed by atoms with E-state index in [0.29, 0.717) is 6.54 Å². The molecule has 0 bridgehead atoms. The highest BCUT2D eigenvalue weighted by molar-refractivity contribution is 9.10. The number of benzene rings is 1. The molecule has 2 fully saturated rings. The second-order valence-corrected chi connectivity index (χ2v) is 9.99. The summed E-state index contributed by atoms with van der Waals surface area (Å²) >= 11 is 3.51. The van der Waals surface area contributed by atoms with Crippen LogP contribution in [0.4, 0.5) is 5.69 Å². The first-order chi connectivity index (χ1) is 13.3. The molecule has 2 saturated heterocycles. The van der Waals surface area contributed by atoms with E-state index >= 15 is 0 Å². The standard InChI is InChI=1S/C22H34BrN3O2/c1-22(2,3)28-21(27)17-24-10-8-18(9-11-24)16-25-12-14-26(15-13-25)20-6-4-19(23)5-7-20/h4-7,18H,8-17H2,1-3H3. The van der Waals surface area contributed by atoms with Crippen molar-refractivity contribution in [1.29, 1.82) is 0 Å². The van der Waals surface area contributed by atoms with Gasteiger partial charge in [0, 0.05) is 42.9 Å². The van der Waals surface area contributed by atoms with Crippen molar-refractivity contribution in [2.75, 3.05) is 57.3 Å². The zero-order chi connectivity index (χ0) is 20.1. The summed E-state index contributed by atoms with van der Waals surface area (Å²) in [5.41, 5.74) is 0.923. The van der Waals surface area contributed by atoms with Crippen LogP contribution in [0.5, 0.6) is 0 Å². The highest BCUT2D eigenvalue weighted by atomic mass is 79.9. The second-order valence-electron chi connectivity index (χ2n) is 9.07. The monoisotopic (exact) mass is 451 g/mol. The molecule has 1 aromatic carbocycles. The molecule has 0 amide bonds. The van der Waals surface area contributed by atoms with Gasteiger partial charge in [-0.3, -0.25) is 14.6 Å². The molecule has 2 aliphatic rings. The molecule has 0 aromatic heterocycles. The lowest BCUT2D eigenvalue weighted by Crippen LogP contribution is -2.49. The van der Waals surface area contributed by atoms with Gasteiger partial charge in [-0.25, -0.2) is 0 Å². The summed E-state index contributed by atoms with van der Waals surface area (Å²) in [6.45, 7) is 13.9. The van der Waals surface area contributed by atoms with E-state index in [9.17, 15) is 4.79 Å². The van der Waals surface area contributed by atoms with Gasteiger partial charge in [0.15, 0.2) is 0 Å². The average molecular weight is 452 g/mol. The van der Waals surface area contributed by atoms with Crippen molar-refractivity contribution in [1.82, 2.24) is 9.80 Å². The van der Waals surface area contributed by atoms with Gasteiger partial charge in [0.05, 0.1) is 6.54 Å². The Morgan fingerprint density at radius 3 is 2.18 bits per heavy atom. The maximum absolute atomic E-state index is 12.0. The zero-order valence-corrected chi connectivity index (χ0v) is 19.1. The number of halogens is 1. The van der Waals surface area contributed by atoms with Crippen molar-refractivity contribution < 1.29 is 9.53 Å². The van der Waals surface area contributed by atoms with Crippen LogP contribution in [-0.2, 0) is 9.53 Å². The van der Waals surface area contributed by atoms with Gasteiger partial charge in [0.1, 0.15) is 5.60 Å². The first-order valence-corrected chi connectivity index (χ1v) is 11.2. The maximum atomic E-state index is 12.0. The fourth-order valence-electron chi connectivity index (χ4n) is 4.09. The van der Waals surface area contributed by atoms with E-state index in [-0.39, 0.29) is 5.97 Å². The molecule has 2 aliphatic heterocycles. The molecule has 2 heterocycles. The van der Waals surface area contributed by atoms with Crippen LogP contribution >= 0.6 is 15.9 Å². The number of nitrogens with zero attached hydrogens (tertiary/aromatic N) is 3. The van der Waals surface area contributed by atoms with E-state index in [0.717, 1.165) is 49.7 Å². The van der Waals surface area contributed by atoms with E-state index in [4.69, 9.17) is 4.74 Å². The minimum absolute atomic E-state index is 0.102.